The number of hydrogen-bond donors (Lipinski definition) is 3. The van der Waals surface area contributed by atoms with E-state index in [9.17, 15) is 26.4 Å². The van der Waals surface area contributed by atoms with Crippen molar-refractivity contribution in [3.05, 3.63) is 53.6 Å². The van der Waals surface area contributed by atoms with Crippen LogP contribution in [-0.4, -0.2) is 43.4 Å². The van der Waals surface area contributed by atoms with Gasteiger partial charge in [-0.25, -0.2) is 8.42 Å². The third kappa shape index (κ3) is 6.21. The molecule has 0 saturated carbocycles. The van der Waals surface area contributed by atoms with Crippen molar-refractivity contribution in [1.82, 2.24) is 15.2 Å². The highest BCUT2D eigenvalue weighted by Gasteiger charge is 2.34. The van der Waals surface area contributed by atoms with Crippen LogP contribution in [0.25, 0.3) is 0 Å². The second-order valence-corrected chi connectivity index (χ2v) is 10.2. The number of carbonyl (C=O) groups excluding carboxylic acids is 1. The molecular weight excluding hydrogens is 505 g/mol. The predicted octanol–water partition coefficient (Wildman–Crippen LogP) is 3.91. The minimum Gasteiger partial charge on any atom is -0.495 e. The van der Waals surface area contributed by atoms with E-state index < -0.39 is 27.7 Å². The Morgan fingerprint density at radius 2 is 1.86 bits per heavy atom. The number of nitrogens with one attached hydrogen (secondary N) is 3. The van der Waals surface area contributed by atoms with Gasteiger partial charge in [0.2, 0.25) is 10.0 Å². The molecule has 35 heavy (non-hydrogen) atoms. The lowest BCUT2D eigenvalue weighted by atomic mass is 10.1. The molecule has 13 heteroatoms. The van der Waals surface area contributed by atoms with Crippen LogP contribution in [0, 0.1) is 0 Å². The number of piperidine rings is 1. The molecule has 1 atom stereocenters. The average molecular weight is 531 g/mol. The molecule has 0 aromatic heterocycles. The van der Waals surface area contributed by atoms with E-state index >= 15 is 0 Å². The number of hydrogen-bond acceptors (Lipinski definition) is 5. The lowest BCUT2D eigenvalue weighted by Gasteiger charge is -2.32. The molecule has 2 aromatic carbocycles. The number of nitrogens with zero attached hydrogens (tertiary/aromatic N) is 1. The summed E-state index contributed by atoms with van der Waals surface area (Å²) in [5.41, 5.74) is 3.36. The standard InChI is InChI=1S/C22H25F3N4O4S2/c1-14-7-5-6-12-29(14)35(31,32)19-13-15(10-11-18(19)33-2)20(30)27-28-21(34)26-17-9-4-3-8-16(17)22(23,24)25/h3-4,8-11,13-14H,5-7,12H2,1-2H3,(H,27,30)(H2,26,28,34). The van der Waals surface area contributed by atoms with E-state index in [1.165, 1.54) is 47.8 Å². The van der Waals surface area contributed by atoms with Crippen molar-refractivity contribution >= 4 is 38.9 Å². The van der Waals surface area contributed by atoms with Crippen LogP contribution in [-0.2, 0) is 16.2 Å². The number of benzene rings is 2. The number of sulfonamides is 1. The number of ether oxygens (including phenoxy) is 1. The van der Waals surface area contributed by atoms with Crippen LogP contribution >= 0.6 is 12.2 Å². The van der Waals surface area contributed by atoms with Gasteiger partial charge in [0.25, 0.3) is 5.91 Å². The van der Waals surface area contributed by atoms with Gasteiger partial charge in [-0.1, -0.05) is 18.6 Å². The van der Waals surface area contributed by atoms with Crippen LogP contribution in [0.15, 0.2) is 47.4 Å². The number of rotatable bonds is 5. The summed E-state index contributed by atoms with van der Waals surface area (Å²) in [7, 11) is -2.61. The Morgan fingerprint density at radius 1 is 1.14 bits per heavy atom. The van der Waals surface area contributed by atoms with E-state index in [0.717, 1.165) is 25.3 Å². The van der Waals surface area contributed by atoms with E-state index in [4.69, 9.17) is 17.0 Å². The van der Waals surface area contributed by atoms with E-state index in [1.54, 1.807) is 0 Å². The first kappa shape index (κ1) is 26.7. The Hall–Kier alpha value is -2.90. The Balaban J connectivity index is 1.74. The zero-order valence-electron chi connectivity index (χ0n) is 19.0. The van der Waals surface area contributed by atoms with E-state index in [2.05, 4.69) is 16.2 Å². The van der Waals surface area contributed by atoms with Crippen LogP contribution in [0.2, 0.25) is 0 Å². The van der Waals surface area contributed by atoms with Crippen LogP contribution in [0.1, 0.15) is 42.1 Å². The fourth-order valence-corrected chi connectivity index (χ4v) is 5.80. The number of halogens is 3. The van der Waals surface area contributed by atoms with E-state index in [0.29, 0.717) is 6.54 Å². The molecule has 1 saturated heterocycles. The highest BCUT2D eigenvalue weighted by molar-refractivity contribution is 7.89. The van der Waals surface area contributed by atoms with Crippen LogP contribution in [0.4, 0.5) is 18.9 Å². The maximum absolute atomic E-state index is 13.3. The van der Waals surface area contributed by atoms with Crippen LogP contribution < -0.4 is 20.9 Å². The first-order valence-corrected chi connectivity index (χ1v) is 12.5. The predicted molar refractivity (Wildman–Crippen MR) is 128 cm³/mol. The van der Waals surface area contributed by atoms with Gasteiger partial charge in [0.05, 0.1) is 18.4 Å². The Bertz CT molecular complexity index is 1210. The van der Waals surface area contributed by atoms with Crippen molar-refractivity contribution < 1.29 is 31.1 Å². The highest BCUT2D eigenvalue weighted by Crippen LogP contribution is 2.34. The molecule has 1 unspecified atom stereocenters. The summed E-state index contributed by atoms with van der Waals surface area (Å²) in [5.74, 6) is -0.655. The number of alkyl halides is 3. The molecule has 0 bridgehead atoms. The van der Waals surface area contributed by atoms with E-state index in [-0.39, 0.29) is 33.1 Å². The van der Waals surface area contributed by atoms with Gasteiger partial charge in [0.1, 0.15) is 10.6 Å². The van der Waals surface area contributed by atoms with Gasteiger partial charge in [0.15, 0.2) is 5.11 Å². The monoisotopic (exact) mass is 530 g/mol. The quantitative estimate of drug-likeness (QED) is 0.398. The smallest absolute Gasteiger partial charge is 0.418 e. The van der Waals surface area contributed by atoms with Gasteiger partial charge in [-0.15, -0.1) is 0 Å². The molecule has 1 amide bonds. The lowest BCUT2D eigenvalue weighted by Crippen LogP contribution is -2.44. The molecule has 2 aromatic rings. The van der Waals surface area contributed by atoms with Gasteiger partial charge in [-0.05, 0) is 62.3 Å². The maximum atomic E-state index is 13.3. The molecular formula is C22H25F3N4O4S2. The number of para-hydroxylation sites is 1. The summed E-state index contributed by atoms with van der Waals surface area (Å²) in [5, 5.41) is 2.10. The van der Waals surface area contributed by atoms with Crippen molar-refractivity contribution in [3.63, 3.8) is 0 Å². The van der Waals surface area contributed by atoms with Gasteiger partial charge in [0, 0.05) is 18.2 Å². The molecule has 1 aliphatic heterocycles. The molecule has 190 valence electrons. The molecule has 0 spiro atoms. The zero-order chi connectivity index (χ0) is 25.8. The van der Waals surface area contributed by atoms with Crippen molar-refractivity contribution in [2.24, 2.45) is 0 Å². The molecule has 3 N–H and O–H groups in total. The van der Waals surface area contributed by atoms with Crippen LogP contribution in [0.3, 0.4) is 0 Å². The van der Waals surface area contributed by atoms with Crippen molar-refractivity contribution in [1.29, 1.82) is 0 Å². The van der Waals surface area contributed by atoms with Gasteiger partial charge in [-0.2, -0.15) is 17.5 Å². The third-order valence-corrected chi connectivity index (χ3v) is 7.76. The average Bonchev–Trinajstić information content (AvgIpc) is 2.82. The number of hydrazine groups is 1. The summed E-state index contributed by atoms with van der Waals surface area (Å²) in [6.45, 7) is 2.19. The second kappa shape index (κ2) is 10.8. The largest absolute Gasteiger partial charge is 0.495 e. The fourth-order valence-electron chi connectivity index (χ4n) is 3.75. The van der Waals surface area contributed by atoms with Gasteiger partial charge in [-0.3, -0.25) is 15.6 Å². The molecule has 1 aliphatic rings. The minimum absolute atomic E-state index is 0.0139. The summed E-state index contributed by atoms with van der Waals surface area (Å²) >= 11 is 4.98. The van der Waals surface area contributed by atoms with Crippen molar-refractivity contribution in [3.8, 4) is 5.75 Å². The first-order chi connectivity index (χ1) is 16.4. The van der Waals surface area contributed by atoms with E-state index in [1.807, 2.05) is 6.92 Å². The number of thiocarbonyl (C=S) groups is 1. The summed E-state index contributed by atoms with van der Waals surface area (Å²) in [6.07, 6.45) is -2.20. The Labute approximate surface area is 206 Å². The van der Waals surface area contributed by atoms with Crippen LogP contribution in [0.5, 0.6) is 5.75 Å². The third-order valence-electron chi connectivity index (χ3n) is 5.52. The molecule has 8 nitrogen and oxygen atoms in total. The highest BCUT2D eigenvalue weighted by atomic mass is 32.2. The Morgan fingerprint density at radius 3 is 2.51 bits per heavy atom. The maximum Gasteiger partial charge on any atom is 0.418 e. The molecule has 0 aliphatic carbocycles. The number of carbonyl (C=O) groups is 1. The van der Waals surface area contributed by atoms with Gasteiger partial charge < -0.3 is 10.1 Å². The summed E-state index contributed by atoms with van der Waals surface area (Å²) in [6, 6.07) is 8.47. The number of methoxy groups -OCH3 is 1. The molecule has 1 heterocycles. The minimum atomic E-state index is -4.60. The molecule has 0 radical (unpaired) electrons. The summed E-state index contributed by atoms with van der Waals surface area (Å²) in [4.78, 5) is 12.5. The fraction of sp³-hybridized carbons (Fsp3) is 0.364. The molecule has 1 fully saturated rings. The normalized spacial score (nSPS) is 16.9. The zero-order valence-corrected chi connectivity index (χ0v) is 20.6. The topological polar surface area (TPSA) is 99.8 Å². The Kier molecular flexibility index (Phi) is 8.23. The summed E-state index contributed by atoms with van der Waals surface area (Å²) < 4.78 is 72.7. The molecule has 3 rings (SSSR count). The van der Waals surface area contributed by atoms with Crippen molar-refractivity contribution in [2.75, 3.05) is 19.0 Å². The number of amides is 1. The van der Waals surface area contributed by atoms with Gasteiger partial charge >= 0.3 is 6.18 Å². The SMILES string of the molecule is COc1ccc(C(=O)NNC(=S)Nc2ccccc2C(F)(F)F)cc1S(=O)(=O)N1CCCCC1C. The first-order valence-electron chi connectivity index (χ1n) is 10.7. The lowest BCUT2D eigenvalue weighted by molar-refractivity contribution is -0.136. The second-order valence-electron chi connectivity index (χ2n) is 7.90. The number of anilines is 1. The van der Waals surface area contributed by atoms with Crippen molar-refractivity contribution in [2.45, 2.75) is 43.3 Å².